The molecule has 1 amide bonds. The highest BCUT2D eigenvalue weighted by atomic mass is 32.1. The van der Waals surface area contributed by atoms with E-state index < -0.39 is 17.7 Å². The lowest BCUT2D eigenvalue weighted by Crippen LogP contribution is -2.38. The number of aromatic nitrogens is 1. The Bertz CT molecular complexity index is 1030. The molecule has 1 aliphatic heterocycles. The summed E-state index contributed by atoms with van der Waals surface area (Å²) in [5.41, 5.74) is 1.38. The van der Waals surface area contributed by atoms with Gasteiger partial charge in [0.2, 0.25) is 5.78 Å². The number of Topliss-reactive ketones (excluding diaryl/α,β-unsaturated/α-hetero) is 1. The summed E-state index contributed by atoms with van der Waals surface area (Å²) in [6.07, 6.45) is 0. The topological polar surface area (TPSA) is 83.0 Å². The summed E-state index contributed by atoms with van der Waals surface area (Å²) in [7, 11) is 0. The van der Waals surface area contributed by atoms with Crippen molar-refractivity contribution >= 4 is 23.0 Å². The number of ketones is 1. The SMILES string of the molecule is CCOc1ccccc1C1C(C(=O)c2sc(C)nc2C)=C(O)C(=O)N1CCN(CC)CC. The van der Waals surface area contributed by atoms with Crippen LogP contribution in [0.5, 0.6) is 5.75 Å². The Morgan fingerprint density at radius 2 is 1.91 bits per heavy atom. The van der Waals surface area contributed by atoms with Crippen molar-refractivity contribution in [2.75, 3.05) is 32.8 Å². The molecule has 0 saturated carbocycles. The van der Waals surface area contributed by atoms with Crippen LogP contribution >= 0.6 is 11.3 Å². The normalized spacial score (nSPS) is 16.4. The Hall–Kier alpha value is -2.71. The predicted molar refractivity (Wildman–Crippen MR) is 125 cm³/mol. The van der Waals surface area contributed by atoms with Crippen LogP contribution < -0.4 is 4.74 Å². The fourth-order valence-electron chi connectivity index (χ4n) is 4.09. The zero-order valence-corrected chi connectivity index (χ0v) is 20.2. The van der Waals surface area contributed by atoms with Crippen LogP contribution in [-0.4, -0.2) is 64.4 Å². The van der Waals surface area contributed by atoms with Crippen LogP contribution in [0.2, 0.25) is 0 Å². The van der Waals surface area contributed by atoms with Crippen LogP contribution in [0, 0.1) is 13.8 Å². The lowest BCUT2D eigenvalue weighted by molar-refractivity contribution is -0.129. The maximum absolute atomic E-state index is 13.6. The standard InChI is InChI=1S/C24H31N3O4S/c1-6-26(7-2)13-14-27-20(17-11-9-10-12-18(17)31-8-3)19(22(29)24(27)30)21(28)23-15(4)25-16(5)32-23/h9-12,20,29H,6-8,13-14H2,1-5H3. The van der Waals surface area contributed by atoms with Crippen LogP contribution in [0.15, 0.2) is 35.6 Å². The molecule has 3 rings (SSSR count). The van der Waals surface area contributed by atoms with E-state index in [4.69, 9.17) is 4.74 Å². The van der Waals surface area contributed by atoms with E-state index in [0.29, 0.717) is 41.6 Å². The highest BCUT2D eigenvalue weighted by Gasteiger charge is 2.45. The molecule has 2 aromatic rings. The van der Waals surface area contributed by atoms with Crippen LogP contribution in [0.25, 0.3) is 0 Å². The summed E-state index contributed by atoms with van der Waals surface area (Å²) < 4.78 is 5.82. The molecule has 1 aromatic heterocycles. The van der Waals surface area contributed by atoms with E-state index >= 15 is 0 Å². The molecule has 172 valence electrons. The van der Waals surface area contributed by atoms with Crippen molar-refractivity contribution in [1.29, 1.82) is 0 Å². The maximum Gasteiger partial charge on any atom is 0.290 e. The van der Waals surface area contributed by atoms with Gasteiger partial charge in [-0.3, -0.25) is 9.59 Å². The first-order chi connectivity index (χ1) is 15.3. The molecular formula is C24H31N3O4S. The van der Waals surface area contributed by atoms with Gasteiger partial charge in [0.25, 0.3) is 5.91 Å². The van der Waals surface area contributed by atoms with Gasteiger partial charge in [-0.05, 0) is 39.9 Å². The smallest absolute Gasteiger partial charge is 0.290 e. The molecule has 1 N–H and O–H groups in total. The second-order valence-electron chi connectivity index (χ2n) is 7.64. The monoisotopic (exact) mass is 457 g/mol. The summed E-state index contributed by atoms with van der Waals surface area (Å²) in [6.45, 7) is 12.8. The zero-order chi connectivity index (χ0) is 23.4. The number of amides is 1. The van der Waals surface area contributed by atoms with Gasteiger partial charge in [0.1, 0.15) is 5.75 Å². The minimum atomic E-state index is -0.727. The van der Waals surface area contributed by atoms with E-state index in [9.17, 15) is 14.7 Å². The third-order valence-electron chi connectivity index (χ3n) is 5.72. The maximum atomic E-state index is 13.6. The minimum Gasteiger partial charge on any atom is -0.503 e. The number of aryl methyl sites for hydroxylation is 2. The molecule has 0 radical (unpaired) electrons. The quantitative estimate of drug-likeness (QED) is 0.542. The summed E-state index contributed by atoms with van der Waals surface area (Å²) in [5, 5.41) is 11.7. The third-order valence-corrected chi connectivity index (χ3v) is 6.79. The molecule has 2 heterocycles. The molecule has 1 atom stereocenters. The number of ether oxygens (including phenoxy) is 1. The minimum absolute atomic E-state index is 0.0912. The molecule has 7 nitrogen and oxygen atoms in total. The molecular weight excluding hydrogens is 426 g/mol. The van der Waals surface area contributed by atoms with E-state index in [-0.39, 0.29) is 11.4 Å². The molecule has 1 unspecified atom stereocenters. The number of aliphatic hydroxyl groups is 1. The van der Waals surface area contributed by atoms with E-state index in [1.54, 1.807) is 11.8 Å². The molecule has 32 heavy (non-hydrogen) atoms. The second-order valence-corrected chi connectivity index (χ2v) is 8.84. The highest BCUT2D eigenvalue weighted by Crippen LogP contribution is 2.43. The molecule has 0 bridgehead atoms. The van der Waals surface area contributed by atoms with E-state index in [1.165, 1.54) is 11.3 Å². The molecule has 0 saturated heterocycles. The summed E-state index contributed by atoms with van der Waals surface area (Å²) in [4.78, 5) is 35.4. The first-order valence-electron chi connectivity index (χ1n) is 11.0. The molecule has 0 spiro atoms. The van der Waals surface area contributed by atoms with Crippen molar-refractivity contribution in [3.05, 3.63) is 56.7 Å². The first kappa shape index (κ1) is 23.9. The molecule has 1 aromatic carbocycles. The molecule has 0 fully saturated rings. The number of hydrogen-bond donors (Lipinski definition) is 1. The lowest BCUT2D eigenvalue weighted by atomic mass is 9.94. The van der Waals surface area contributed by atoms with Crippen molar-refractivity contribution in [3.63, 3.8) is 0 Å². The number of aliphatic hydroxyl groups excluding tert-OH is 1. The number of hydrogen-bond acceptors (Lipinski definition) is 7. The van der Waals surface area contributed by atoms with Gasteiger partial charge in [0.05, 0.1) is 33.8 Å². The van der Waals surface area contributed by atoms with Gasteiger partial charge in [-0.25, -0.2) is 4.98 Å². The lowest BCUT2D eigenvalue weighted by Gasteiger charge is -2.30. The molecule has 8 heteroatoms. The van der Waals surface area contributed by atoms with Gasteiger partial charge in [-0.15, -0.1) is 11.3 Å². The van der Waals surface area contributed by atoms with Crippen molar-refractivity contribution < 1.29 is 19.4 Å². The fraction of sp³-hybridized carbons (Fsp3) is 0.458. The number of thiazole rings is 1. The van der Waals surface area contributed by atoms with Gasteiger partial charge < -0.3 is 19.6 Å². The summed E-state index contributed by atoms with van der Waals surface area (Å²) in [5.74, 6) is -0.787. The number of para-hydroxylation sites is 1. The zero-order valence-electron chi connectivity index (χ0n) is 19.3. The van der Waals surface area contributed by atoms with Gasteiger partial charge in [-0.2, -0.15) is 0 Å². The Morgan fingerprint density at radius 3 is 2.50 bits per heavy atom. The van der Waals surface area contributed by atoms with Crippen LogP contribution in [0.1, 0.15) is 52.7 Å². The molecule has 0 aliphatic carbocycles. The second kappa shape index (κ2) is 10.3. The van der Waals surface area contributed by atoms with Crippen LogP contribution in [-0.2, 0) is 4.79 Å². The molecule has 1 aliphatic rings. The largest absolute Gasteiger partial charge is 0.503 e. The van der Waals surface area contributed by atoms with Crippen molar-refractivity contribution in [1.82, 2.24) is 14.8 Å². The van der Waals surface area contributed by atoms with Crippen LogP contribution in [0.4, 0.5) is 0 Å². The average molecular weight is 458 g/mol. The van der Waals surface area contributed by atoms with Crippen LogP contribution in [0.3, 0.4) is 0 Å². The number of nitrogens with zero attached hydrogens (tertiary/aromatic N) is 3. The third kappa shape index (κ3) is 4.56. The Morgan fingerprint density at radius 1 is 1.22 bits per heavy atom. The van der Waals surface area contributed by atoms with E-state index in [2.05, 4.69) is 23.7 Å². The average Bonchev–Trinajstić information content (AvgIpc) is 3.25. The van der Waals surface area contributed by atoms with Crippen molar-refractivity contribution in [3.8, 4) is 5.75 Å². The van der Waals surface area contributed by atoms with Gasteiger partial charge >= 0.3 is 0 Å². The Labute approximate surface area is 193 Å². The van der Waals surface area contributed by atoms with Gasteiger partial charge in [0.15, 0.2) is 5.76 Å². The number of rotatable bonds is 10. The summed E-state index contributed by atoms with van der Waals surface area (Å²) in [6, 6.07) is 6.66. The number of likely N-dealkylation sites (N-methyl/N-ethyl adjacent to an activating group) is 1. The van der Waals surface area contributed by atoms with E-state index in [0.717, 1.165) is 18.1 Å². The van der Waals surface area contributed by atoms with Gasteiger partial charge in [-0.1, -0.05) is 32.0 Å². The number of benzene rings is 1. The summed E-state index contributed by atoms with van der Waals surface area (Å²) >= 11 is 1.28. The van der Waals surface area contributed by atoms with E-state index in [1.807, 2.05) is 38.1 Å². The fourth-order valence-corrected chi connectivity index (χ4v) is 4.96. The predicted octanol–water partition coefficient (Wildman–Crippen LogP) is 4.08. The Balaban J connectivity index is 2.10. The van der Waals surface area contributed by atoms with Gasteiger partial charge in [0, 0.05) is 18.7 Å². The highest BCUT2D eigenvalue weighted by molar-refractivity contribution is 7.14. The Kier molecular flexibility index (Phi) is 7.69. The number of carbonyl (C=O) groups is 2. The van der Waals surface area contributed by atoms with Crippen molar-refractivity contribution in [2.45, 2.75) is 40.7 Å². The van der Waals surface area contributed by atoms with Crippen molar-refractivity contribution in [2.24, 2.45) is 0 Å². The number of carbonyl (C=O) groups excluding carboxylic acids is 2. The first-order valence-corrected chi connectivity index (χ1v) is 11.8.